The zero-order chi connectivity index (χ0) is 20.1. The summed E-state index contributed by atoms with van der Waals surface area (Å²) in [7, 11) is 0. The minimum Gasteiger partial charge on any atom is -0.366 e. The molecule has 0 unspecified atom stereocenters. The van der Waals surface area contributed by atoms with Gasteiger partial charge < -0.3 is 5.73 Å². The average molecular weight is 379 g/mol. The Labute approximate surface area is 170 Å². The van der Waals surface area contributed by atoms with Crippen LogP contribution in [0.25, 0.3) is 11.1 Å². The first kappa shape index (κ1) is 18.6. The Balaban J connectivity index is 1.77. The van der Waals surface area contributed by atoms with Gasteiger partial charge in [0.25, 0.3) is 0 Å². The number of rotatable bonds is 6. The van der Waals surface area contributed by atoms with E-state index in [0.29, 0.717) is 5.56 Å². The van der Waals surface area contributed by atoms with Crippen LogP contribution >= 0.6 is 0 Å². The molecule has 2 aromatic heterocycles. The molecule has 1 amide bonds. The lowest BCUT2D eigenvalue weighted by Crippen LogP contribution is -2.10. The highest BCUT2D eigenvalue weighted by Gasteiger charge is 2.18. The van der Waals surface area contributed by atoms with Gasteiger partial charge in [-0.05, 0) is 58.5 Å². The van der Waals surface area contributed by atoms with Gasteiger partial charge in [-0.3, -0.25) is 14.8 Å². The molecule has 0 saturated carbocycles. The van der Waals surface area contributed by atoms with E-state index in [1.165, 1.54) is 5.56 Å². The molecule has 0 aliphatic rings. The van der Waals surface area contributed by atoms with E-state index in [0.717, 1.165) is 28.7 Å². The molecule has 0 bridgehead atoms. The van der Waals surface area contributed by atoms with Crippen LogP contribution in [0.5, 0.6) is 0 Å². The van der Waals surface area contributed by atoms with E-state index in [-0.39, 0.29) is 5.92 Å². The van der Waals surface area contributed by atoms with E-state index in [1.807, 2.05) is 54.9 Å². The van der Waals surface area contributed by atoms with Crippen LogP contribution < -0.4 is 5.73 Å². The van der Waals surface area contributed by atoms with Crippen LogP contribution in [-0.2, 0) is 6.42 Å². The molecule has 2 N–H and O–H groups in total. The van der Waals surface area contributed by atoms with Gasteiger partial charge in [0.2, 0.25) is 5.91 Å². The Morgan fingerprint density at radius 3 is 2.14 bits per heavy atom. The van der Waals surface area contributed by atoms with Crippen LogP contribution in [0, 0.1) is 0 Å². The molecule has 0 radical (unpaired) electrons. The molecule has 2 aromatic carbocycles. The summed E-state index contributed by atoms with van der Waals surface area (Å²) in [5.41, 5.74) is 11.5. The number of hydrogen-bond acceptors (Lipinski definition) is 3. The fourth-order valence-electron chi connectivity index (χ4n) is 3.63. The van der Waals surface area contributed by atoms with Crippen molar-refractivity contribution in [2.75, 3.05) is 0 Å². The second-order valence-corrected chi connectivity index (χ2v) is 6.93. The van der Waals surface area contributed by atoms with Gasteiger partial charge in [0, 0.05) is 36.3 Å². The molecule has 2 heterocycles. The summed E-state index contributed by atoms with van der Waals surface area (Å²) < 4.78 is 0. The fraction of sp³-hybridized carbons (Fsp3) is 0.0800. The molecular formula is C25H21N3O. The van der Waals surface area contributed by atoms with Crippen LogP contribution in [0.15, 0.2) is 97.6 Å². The van der Waals surface area contributed by atoms with Crippen LogP contribution in [-0.4, -0.2) is 15.9 Å². The third-order valence-electron chi connectivity index (χ3n) is 5.07. The summed E-state index contributed by atoms with van der Waals surface area (Å²) in [6.07, 6.45) is 8.18. The number of amides is 1. The molecule has 29 heavy (non-hydrogen) atoms. The Morgan fingerprint density at radius 1 is 0.828 bits per heavy atom. The van der Waals surface area contributed by atoms with Crippen LogP contribution in [0.2, 0.25) is 0 Å². The van der Waals surface area contributed by atoms with Crippen LogP contribution in [0.3, 0.4) is 0 Å². The lowest BCUT2D eigenvalue weighted by Gasteiger charge is -2.20. The van der Waals surface area contributed by atoms with E-state index >= 15 is 0 Å². The standard InChI is InChI=1S/C25H21N3O/c26-25(29)20-8-3-7-18(14-20)23-11-2-1-6-19(23)15-24(21-9-4-12-27-16-21)22-10-5-13-28-17-22/h1-14,16-17,24H,15H2,(H2,26,29). The molecule has 4 nitrogen and oxygen atoms in total. The predicted octanol–water partition coefficient (Wildman–Crippen LogP) is 4.62. The van der Waals surface area contributed by atoms with Crippen molar-refractivity contribution >= 4 is 5.91 Å². The number of carbonyl (C=O) groups excluding carboxylic acids is 1. The number of nitrogens with two attached hydrogens (primary N) is 1. The second kappa shape index (κ2) is 8.48. The quantitative estimate of drug-likeness (QED) is 0.532. The Bertz CT molecular complexity index is 1070. The average Bonchev–Trinajstić information content (AvgIpc) is 2.79. The largest absolute Gasteiger partial charge is 0.366 e. The predicted molar refractivity (Wildman–Crippen MR) is 114 cm³/mol. The lowest BCUT2D eigenvalue weighted by molar-refractivity contribution is 0.100. The maximum Gasteiger partial charge on any atom is 0.248 e. The zero-order valence-corrected chi connectivity index (χ0v) is 15.9. The summed E-state index contributed by atoms with van der Waals surface area (Å²) in [4.78, 5) is 20.3. The van der Waals surface area contributed by atoms with E-state index in [1.54, 1.807) is 18.5 Å². The number of benzene rings is 2. The molecule has 142 valence electrons. The van der Waals surface area contributed by atoms with Crippen molar-refractivity contribution in [2.24, 2.45) is 5.73 Å². The molecule has 4 rings (SSSR count). The smallest absolute Gasteiger partial charge is 0.248 e. The Morgan fingerprint density at radius 2 is 1.52 bits per heavy atom. The first-order valence-corrected chi connectivity index (χ1v) is 9.50. The number of hydrogen-bond donors (Lipinski definition) is 1. The van der Waals surface area contributed by atoms with Gasteiger partial charge >= 0.3 is 0 Å². The Hall–Kier alpha value is -3.79. The summed E-state index contributed by atoms with van der Waals surface area (Å²) in [5.74, 6) is -0.300. The second-order valence-electron chi connectivity index (χ2n) is 6.93. The Kier molecular flexibility index (Phi) is 5.43. The lowest BCUT2D eigenvalue weighted by atomic mass is 9.85. The number of primary amides is 1. The minimum absolute atomic E-state index is 0.123. The number of aromatic nitrogens is 2. The van der Waals surface area contributed by atoms with Crippen molar-refractivity contribution in [3.8, 4) is 11.1 Å². The molecule has 0 saturated heterocycles. The molecule has 0 aliphatic heterocycles. The molecule has 4 heteroatoms. The summed E-state index contributed by atoms with van der Waals surface area (Å²) >= 11 is 0. The molecule has 0 spiro atoms. The van der Waals surface area contributed by atoms with Crippen molar-refractivity contribution in [1.82, 2.24) is 9.97 Å². The first-order valence-electron chi connectivity index (χ1n) is 9.50. The van der Waals surface area contributed by atoms with Gasteiger partial charge in [-0.15, -0.1) is 0 Å². The minimum atomic E-state index is -0.423. The monoisotopic (exact) mass is 379 g/mol. The van der Waals surface area contributed by atoms with Crippen LogP contribution in [0.1, 0.15) is 33.0 Å². The van der Waals surface area contributed by atoms with Gasteiger partial charge in [-0.1, -0.05) is 48.5 Å². The van der Waals surface area contributed by atoms with Crippen molar-refractivity contribution in [2.45, 2.75) is 12.3 Å². The summed E-state index contributed by atoms with van der Waals surface area (Å²) in [6, 6.07) is 23.8. The van der Waals surface area contributed by atoms with Crippen molar-refractivity contribution in [1.29, 1.82) is 0 Å². The maximum atomic E-state index is 11.6. The molecule has 0 aliphatic carbocycles. The highest BCUT2D eigenvalue weighted by atomic mass is 16.1. The van der Waals surface area contributed by atoms with Crippen molar-refractivity contribution in [3.63, 3.8) is 0 Å². The van der Waals surface area contributed by atoms with E-state index < -0.39 is 5.91 Å². The maximum absolute atomic E-state index is 11.6. The van der Waals surface area contributed by atoms with E-state index in [9.17, 15) is 4.79 Å². The SMILES string of the molecule is NC(=O)c1cccc(-c2ccccc2CC(c2cccnc2)c2cccnc2)c1. The van der Waals surface area contributed by atoms with Crippen molar-refractivity contribution < 1.29 is 4.79 Å². The third-order valence-corrected chi connectivity index (χ3v) is 5.07. The van der Waals surface area contributed by atoms with Gasteiger partial charge in [-0.2, -0.15) is 0 Å². The number of carbonyl (C=O) groups is 1. The van der Waals surface area contributed by atoms with Gasteiger partial charge in [0.05, 0.1) is 0 Å². The normalized spacial score (nSPS) is 10.8. The van der Waals surface area contributed by atoms with Crippen molar-refractivity contribution in [3.05, 3.63) is 120 Å². The van der Waals surface area contributed by atoms with E-state index in [4.69, 9.17) is 5.73 Å². The first-order chi connectivity index (χ1) is 14.2. The highest BCUT2D eigenvalue weighted by molar-refractivity contribution is 5.94. The van der Waals surface area contributed by atoms with Gasteiger partial charge in [0.15, 0.2) is 0 Å². The van der Waals surface area contributed by atoms with Gasteiger partial charge in [-0.25, -0.2) is 0 Å². The summed E-state index contributed by atoms with van der Waals surface area (Å²) in [6.45, 7) is 0. The highest BCUT2D eigenvalue weighted by Crippen LogP contribution is 2.32. The number of nitrogens with zero attached hydrogens (tertiary/aromatic N) is 2. The van der Waals surface area contributed by atoms with E-state index in [2.05, 4.69) is 34.2 Å². The van der Waals surface area contributed by atoms with Gasteiger partial charge in [0.1, 0.15) is 0 Å². The molecule has 0 fully saturated rings. The van der Waals surface area contributed by atoms with Crippen LogP contribution in [0.4, 0.5) is 0 Å². The summed E-state index contributed by atoms with van der Waals surface area (Å²) in [5, 5.41) is 0. The topological polar surface area (TPSA) is 68.9 Å². The zero-order valence-electron chi connectivity index (χ0n) is 15.9. The third kappa shape index (κ3) is 4.22. The number of pyridine rings is 2. The fourth-order valence-corrected chi connectivity index (χ4v) is 3.63. The molecule has 4 aromatic rings. The molecular weight excluding hydrogens is 358 g/mol. The molecule has 0 atom stereocenters.